The van der Waals surface area contributed by atoms with Crippen molar-refractivity contribution >= 4 is 31.9 Å². The molecule has 0 atom stereocenters. The Balaban J connectivity index is 2.85. The van der Waals surface area contributed by atoms with Gasteiger partial charge in [-0.15, -0.1) is 0 Å². The first-order valence-corrected chi connectivity index (χ1v) is 8.36. The smallest absolute Gasteiger partial charge is 0.266 e. The number of hydrogen-bond acceptors (Lipinski definition) is 4. The number of aryl methyl sites for hydroxylation is 1. The quantitative estimate of drug-likeness (QED) is 0.772. The minimum atomic E-state index is -0.417. The highest BCUT2D eigenvalue weighted by Gasteiger charge is 2.20. The van der Waals surface area contributed by atoms with Crippen LogP contribution in [0.25, 0.3) is 11.1 Å². The number of pyridine rings is 1. The van der Waals surface area contributed by atoms with E-state index in [0.717, 1.165) is 0 Å². The maximum absolute atomic E-state index is 12.0. The number of nitriles is 1. The van der Waals surface area contributed by atoms with E-state index in [0.29, 0.717) is 43.9 Å². The van der Waals surface area contributed by atoms with E-state index >= 15 is 0 Å². The summed E-state index contributed by atoms with van der Waals surface area (Å²) in [6.07, 6.45) is 0. The lowest BCUT2D eigenvalue weighted by molar-refractivity contribution is 0.310. The van der Waals surface area contributed by atoms with Gasteiger partial charge in [0.1, 0.15) is 11.6 Å². The van der Waals surface area contributed by atoms with Crippen LogP contribution in [0, 0.1) is 18.3 Å². The van der Waals surface area contributed by atoms with Crippen molar-refractivity contribution in [1.29, 1.82) is 5.26 Å². The van der Waals surface area contributed by atoms with Crippen molar-refractivity contribution in [2.75, 3.05) is 13.7 Å². The number of hydrogen-bond donors (Lipinski definition) is 1. The van der Waals surface area contributed by atoms with E-state index in [2.05, 4.69) is 36.8 Å². The molecule has 1 aromatic heterocycles. The third kappa shape index (κ3) is 3.28. The van der Waals surface area contributed by atoms with Crippen molar-refractivity contribution in [3.05, 3.63) is 42.7 Å². The summed E-state index contributed by atoms with van der Waals surface area (Å²) in [5, 5.41) is 9.33. The van der Waals surface area contributed by atoms with E-state index in [4.69, 9.17) is 9.47 Å². The average molecular weight is 442 g/mol. The Bertz CT molecular complexity index is 854. The molecule has 0 radical (unpaired) electrons. The SMILES string of the molecule is CCOc1cc(-c2cc(C)[nH]c(=O)c2C#N)c(Br)c(Br)c1OC. The van der Waals surface area contributed by atoms with Gasteiger partial charge in [-0.2, -0.15) is 5.26 Å². The Kier molecular flexibility index (Phi) is 5.50. The van der Waals surface area contributed by atoms with E-state index in [1.165, 1.54) is 0 Å². The summed E-state index contributed by atoms with van der Waals surface area (Å²) >= 11 is 6.97. The Hall–Kier alpha value is -1.78. The highest BCUT2D eigenvalue weighted by molar-refractivity contribution is 9.13. The summed E-state index contributed by atoms with van der Waals surface area (Å²) in [6, 6.07) is 5.48. The summed E-state index contributed by atoms with van der Waals surface area (Å²) in [5.41, 5.74) is 1.51. The first-order chi connectivity index (χ1) is 10.9. The van der Waals surface area contributed by atoms with E-state index < -0.39 is 5.56 Å². The second-order valence-electron chi connectivity index (χ2n) is 4.70. The predicted octanol–water partition coefficient (Wildman–Crippen LogP) is 4.15. The molecule has 5 nitrogen and oxygen atoms in total. The summed E-state index contributed by atoms with van der Waals surface area (Å²) in [7, 11) is 1.55. The van der Waals surface area contributed by atoms with E-state index in [-0.39, 0.29) is 5.56 Å². The van der Waals surface area contributed by atoms with Crippen LogP contribution in [-0.2, 0) is 0 Å². The third-order valence-corrected chi connectivity index (χ3v) is 5.31. The molecule has 0 aliphatic heterocycles. The molecule has 0 unspecified atom stereocenters. The Morgan fingerprint density at radius 2 is 1.96 bits per heavy atom. The number of methoxy groups -OCH3 is 1. The molecule has 0 aliphatic carbocycles. The van der Waals surface area contributed by atoms with Crippen LogP contribution >= 0.6 is 31.9 Å². The van der Waals surface area contributed by atoms with Crippen molar-refractivity contribution in [1.82, 2.24) is 4.98 Å². The van der Waals surface area contributed by atoms with E-state index in [9.17, 15) is 10.1 Å². The third-order valence-electron chi connectivity index (χ3n) is 3.20. The van der Waals surface area contributed by atoms with Crippen molar-refractivity contribution in [3.8, 4) is 28.7 Å². The number of ether oxygens (including phenoxy) is 2. The zero-order valence-electron chi connectivity index (χ0n) is 12.8. The van der Waals surface area contributed by atoms with Gasteiger partial charge in [-0.1, -0.05) is 0 Å². The van der Waals surface area contributed by atoms with Crippen LogP contribution in [-0.4, -0.2) is 18.7 Å². The van der Waals surface area contributed by atoms with Crippen molar-refractivity contribution < 1.29 is 9.47 Å². The summed E-state index contributed by atoms with van der Waals surface area (Å²) in [6.45, 7) is 4.10. The fourth-order valence-electron chi connectivity index (χ4n) is 2.25. The molecule has 0 saturated carbocycles. The Morgan fingerprint density at radius 3 is 2.52 bits per heavy atom. The lowest BCUT2D eigenvalue weighted by Gasteiger charge is -2.16. The van der Waals surface area contributed by atoms with Gasteiger partial charge in [0.2, 0.25) is 0 Å². The molecule has 0 saturated heterocycles. The molecular formula is C16H14Br2N2O3. The fourth-order valence-corrected chi connectivity index (χ4v) is 3.33. The van der Waals surface area contributed by atoms with Crippen molar-refractivity contribution in [2.45, 2.75) is 13.8 Å². The van der Waals surface area contributed by atoms with Crippen LogP contribution in [0.15, 0.2) is 25.9 Å². The van der Waals surface area contributed by atoms with Crippen LogP contribution in [0.2, 0.25) is 0 Å². The predicted molar refractivity (Wildman–Crippen MR) is 95.1 cm³/mol. The molecule has 120 valence electrons. The first kappa shape index (κ1) is 17.6. The topological polar surface area (TPSA) is 75.1 Å². The molecule has 2 rings (SSSR count). The fraction of sp³-hybridized carbons (Fsp3) is 0.250. The van der Waals surface area contributed by atoms with E-state index in [1.807, 2.05) is 13.0 Å². The number of rotatable bonds is 4. The van der Waals surface area contributed by atoms with Gasteiger partial charge in [-0.25, -0.2) is 0 Å². The molecule has 7 heteroatoms. The number of aromatic amines is 1. The average Bonchev–Trinajstić information content (AvgIpc) is 2.50. The van der Waals surface area contributed by atoms with Crippen molar-refractivity contribution in [2.24, 2.45) is 0 Å². The standard InChI is InChI=1S/C16H14Br2N2O3/c1-4-23-12-6-10(13(17)14(18)15(12)22-3)9-5-8(2)20-16(21)11(9)7-19/h5-6H,4H2,1-3H3,(H,20,21). The van der Waals surface area contributed by atoms with Gasteiger partial charge >= 0.3 is 0 Å². The second kappa shape index (κ2) is 7.20. The number of halogens is 2. The normalized spacial score (nSPS) is 10.3. The van der Waals surface area contributed by atoms with Gasteiger partial charge in [-0.3, -0.25) is 4.79 Å². The van der Waals surface area contributed by atoms with Crippen LogP contribution in [0.3, 0.4) is 0 Å². The maximum atomic E-state index is 12.0. The molecule has 0 fully saturated rings. The molecule has 0 spiro atoms. The van der Waals surface area contributed by atoms with Gasteiger partial charge < -0.3 is 14.5 Å². The molecule has 1 aromatic carbocycles. The summed E-state index contributed by atoms with van der Waals surface area (Å²) < 4.78 is 12.3. The molecule has 0 amide bonds. The molecule has 0 bridgehead atoms. The molecule has 1 N–H and O–H groups in total. The zero-order valence-corrected chi connectivity index (χ0v) is 16.0. The maximum Gasteiger partial charge on any atom is 0.266 e. The Morgan fingerprint density at radius 1 is 1.26 bits per heavy atom. The van der Waals surface area contributed by atoms with Gasteiger partial charge in [0.25, 0.3) is 5.56 Å². The van der Waals surface area contributed by atoms with Gasteiger partial charge in [-0.05, 0) is 57.8 Å². The number of nitrogens with one attached hydrogen (secondary N) is 1. The monoisotopic (exact) mass is 440 g/mol. The molecule has 2 aromatic rings. The highest BCUT2D eigenvalue weighted by Crippen LogP contribution is 2.46. The highest BCUT2D eigenvalue weighted by atomic mass is 79.9. The first-order valence-electron chi connectivity index (χ1n) is 6.77. The van der Waals surface area contributed by atoms with Crippen LogP contribution in [0.1, 0.15) is 18.2 Å². The summed E-state index contributed by atoms with van der Waals surface area (Å²) in [5.74, 6) is 1.07. The number of aromatic nitrogens is 1. The molecule has 1 heterocycles. The van der Waals surface area contributed by atoms with Crippen LogP contribution in [0.5, 0.6) is 11.5 Å². The number of nitrogens with zero attached hydrogens (tertiary/aromatic N) is 1. The minimum absolute atomic E-state index is 0.0517. The molecule has 0 aliphatic rings. The second-order valence-corrected chi connectivity index (χ2v) is 6.28. The minimum Gasteiger partial charge on any atom is -0.492 e. The van der Waals surface area contributed by atoms with E-state index in [1.54, 1.807) is 26.2 Å². The largest absolute Gasteiger partial charge is 0.492 e. The van der Waals surface area contributed by atoms with Crippen LogP contribution in [0.4, 0.5) is 0 Å². The van der Waals surface area contributed by atoms with Gasteiger partial charge in [0.05, 0.1) is 18.2 Å². The van der Waals surface area contributed by atoms with Crippen molar-refractivity contribution in [3.63, 3.8) is 0 Å². The lowest BCUT2D eigenvalue weighted by atomic mass is 10.0. The molecular weight excluding hydrogens is 428 g/mol. The lowest BCUT2D eigenvalue weighted by Crippen LogP contribution is -2.13. The number of H-pyrrole nitrogens is 1. The molecule has 23 heavy (non-hydrogen) atoms. The van der Waals surface area contributed by atoms with Gasteiger partial charge in [0, 0.05) is 21.3 Å². The summed E-state index contributed by atoms with van der Waals surface area (Å²) in [4.78, 5) is 14.7. The van der Waals surface area contributed by atoms with Gasteiger partial charge in [0.15, 0.2) is 11.5 Å². The number of benzene rings is 1. The van der Waals surface area contributed by atoms with Crippen LogP contribution < -0.4 is 15.0 Å². The zero-order chi connectivity index (χ0) is 17.1. The Labute approximate surface area is 150 Å².